The Balaban J connectivity index is 3.20. The molecule has 58 valence electrons. The van der Waals surface area contributed by atoms with Crippen molar-refractivity contribution in [3.63, 3.8) is 0 Å². The summed E-state index contributed by atoms with van der Waals surface area (Å²) in [5, 5.41) is 7.05. The Morgan fingerprint density at radius 2 is 2.27 bits per heavy atom. The predicted octanol–water partition coefficient (Wildman–Crippen LogP) is -0.00373. The van der Waals surface area contributed by atoms with E-state index in [2.05, 4.69) is 9.97 Å². The lowest BCUT2D eigenvalue weighted by molar-refractivity contribution is 1.17. The molecule has 11 heavy (non-hydrogen) atoms. The molecule has 1 aromatic rings. The first-order valence-electron chi connectivity index (χ1n) is 2.73. The maximum absolute atomic E-state index is 7.00. The molecule has 0 saturated carbocycles. The molecule has 6 heteroatoms. The number of aromatic nitrogens is 2. The van der Waals surface area contributed by atoms with E-state index in [1.54, 1.807) is 0 Å². The lowest BCUT2D eigenvalue weighted by atomic mass is 10.4. The molecule has 0 atom stereocenters. The zero-order valence-corrected chi connectivity index (χ0v) is 6.26. The molecule has 0 aromatic carbocycles. The quantitative estimate of drug-likeness (QED) is 0.409. The summed E-state index contributed by atoms with van der Waals surface area (Å²) in [6, 6.07) is 0. The van der Waals surface area contributed by atoms with E-state index in [0.29, 0.717) is 0 Å². The molecule has 0 fully saturated rings. The van der Waals surface area contributed by atoms with Crippen molar-refractivity contribution in [3.8, 4) is 0 Å². The van der Waals surface area contributed by atoms with Crippen LogP contribution < -0.4 is 11.5 Å². The number of halogens is 1. The molecule has 5 N–H and O–H groups in total. The molecule has 0 unspecified atom stereocenters. The van der Waals surface area contributed by atoms with Crippen LogP contribution in [0.4, 0.5) is 5.82 Å². The number of nitrogens with zero attached hydrogens (tertiary/aromatic N) is 2. The molecule has 0 radical (unpaired) electrons. The van der Waals surface area contributed by atoms with Crippen LogP contribution in [0.3, 0.4) is 0 Å². The van der Waals surface area contributed by atoms with Gasteiger partial charge in [0, 0.05) is 0 Å². The van der Waals surface area contributed by atoms with Crippen molar-refractivity contribution in [1.29, 1.82) is 5.41 Å². The van der Waals surface area contributed by atoms with E-state index in [1.807, 2.05) is 0 Å². The molecule has 0 aliphatic rings. The van der Waals surface area contributed by atoms with Crippen molar-refractivity contribution >= 4 is 23.3 Å². The molecule has 0 aliphatic heterocycles. The smallest absolute Gasteiger partial charge is 0.160 e. The number of hydrogen-bond donors (Lipinski definition) is 3. The van der Waals surface area contributed by atoms with E-state index in [0.717, 1.165) is 0 Å². The molecule has 0 aliphatic carbocycles. The van der Waals surface area contributed by atoms with E-state index in [-0.39, 0.29) is 22.5 Å². The number of hydrogen-bond acceptors (Lipinski definition) is 4. The monoisotopic (exact) mass is 171 g/mol. The van der Waals surface area contributed by atoms with E-state index >= 15 is 0 Å². The Labute approximate surface area is 67.9 Å². The fourth-order valence-electron chi connectivity index (χ4n) is 0.560. The van der Waals surface area contributed by atoms with Gasteiger partial charge in [-0.2, -0.15) is 0 Å². The highest BCUT2D eigenvalue weighted by Gasteiger charge is 2.05. The van der Waals surface area contributed by atoms with Crippen LogP contribution in [0.1, 0.15) is 5.69 Å². The summed E-state index contributed by atoms with van der Waals surface area (Å²) >= 11 is 5.55. The van der Waals surface area contributed by atoms with Crippen LogP contribution in [0.25, 0.3) is 0 Å². The number of nitrogens with one attached hydrogen (secondary N) is 1. The predicted molar refractivity (Wildman–Crippen MR) is 42.5 cm³/mol. The highest BCUT2D eigenvalue weighted by molar-refractivity contribution is 6.32. The van der Waals surface area contributed by atoms with Gasteiger partial charge in [-0.15, -0.1) is 0 Å². The van der Waals surface area contributed by atoms with Gasteiger partial charge in [0.2, 0.25) is 0 Å². The van der Waals surface area contributed by atoms with Crippen molar-refractivity contribution in [1.82, 2.24) is 9.97 Å². The molecule has 1 heterocycles. The fourth-order valence-corrected chi connectivity index (χ4v) is 0.808. The standard InChI is InChI=1S/C5H6ClN5/c6-4-3(5(8)9)10-1-2(7)11-4/h1H,(H2,7,11)(H3,8,9). The second-order valence-corrected chi connectivity index (χ2v) is 2.21. The Morgan fingerprint density at radius 3 is 2.73 bits per heavy atom. The number of amidine groups is 1. The van der Waals surface area contributed by atoms with Gasteiger partial charge in [-0.3, -0.25) is 5.41 Å². The normalized spacial score (nSPS) is 9.55. The van der Waals surface area contributed by atoms with Crippen LogP contribution in [0, 0.1) is 5.41 Å². The number of nitrogens with two attached hydrogens (primary N) is 2. The van der Waals surface area contributed by atoms with Gasteiger partial charge in [-0.25, -0.2) is 9.97 Å². The lowest BCUT2D eigenvalue weighted by Crippen LogP contribution is -2.14. The second kappa shape index (κ2) is 2.71. The minimum absolute atomic E-state index is 0.0532. The van der Waals surface area contributed by atoms with Crippen LogP contribution in [0.15, 0.2) is 6.20 Å². The summed E-state index contributed by atoms with van der Waals surface area (Å²) in [5.74, 6) is -0.0116. The zero-order valence-electron chi connectivity index (χ0n) is 5.50. The van der Waals surface area contributed by atoms with Gasteiger partial charge < -0.3 is 11.5 Å². The largest absolute Gasteiger partial charge is 0.382 e. The molecule has 0 amide bonds. The second-order valence-electron chi connectivity index (χ2n) is 1.85. The summed E-state index contributed by atoms with van der Waals surface area (Å²) in [6.07, 6.45) is 1.29. The fraction of sp³-hybridized carbons (Fsp3) is 0. The van der Waals surface area contributed by atoms with Crippen LogP contribution >= 0.6 is 11.6 Å². The van der Waals surface area contributed by atoms with Crippen molar-refractivity contribution in [2.45, 2.75) is 0 Å². The first-order chi connectivity index (χ1) is 5.11. The minimum Gasteiger partial charge on any atom is -0.382 e. The summed E-state index contributed by atoms with van der Waals surface area (Å²) in [6.45, 7) is 0. The number of nitrogen functional groups attached to an aromatic ring is 2. The summed E-state index contributed by atoms with van der Waals surface area (Å²) in [4.78, 5) is 7.36. The van der Waals surface area contributed by atoms with E-state index in [9.17, 15) is 0 Å². The van der Waals surface area contributed by atoms with E-state index in [4.69, 9.17) is 28.5 Å². The first kappa shape index (κ1) is 7.74. The van der Waals surface area contributed by atoms with Gasteiger partial charge in [-0.05, 0) is 0 Å². The average molecular weight is 172 g/mol. The molecular weight excluding hydrogens is 166 g/mol. The maximum atomic E-state index is 7.00. The summed E-state index contributed by atoms with van der Waals surface area (Å²) < 4.78 is 0. The summed E-state index contributed by atoms with van der Waals surface area (Å²) in [7, 11) is 0. The van der Waals surface area contributed by atoms with Gasteiger partial charge in [0.15, 0.2) is 5.15 Å². The van der Waals surface area contributed by atoms with E-state index < -0.39 is 0 Å². The third kappa shape index (κ3) is 1.56. The van der Waals surface area contributed by atoms with Crippen LogP contribution in [0.2, 0.25) is 5.15 Å². The third-order valence-electron chi connectivity index (χ3n) is 1.00. The molecular formula is C5H6ClN5. The van der Waals surface area contributed by atoms with Gasteiger partial charge in [0.1, 0.15) is 17.3 Å². The van der Waals surface area contributed by atoms with Crippen LogP contribution in [0.5, 0.6) is 0 Å². The highest BCUT2D eigenvalue weighted by Crippen LogP contribution is 2.10. The first-order valence-corrected chi connectivity index (χ1v) is 3.11. The SMILES string of the molecule is N=C(N)c1ncc(N)nc1Cl. The van der Waals surface area contributed by atoms with Crippen molar-refractivity contribution < 1.29 is 0 Å². The maximum Gasteiger partial charge on any atom is 0.160 e. The zero-order chi connectivity index (χ0) is 8.43. The highest BCUT2D eigenvalue weighted by atomic mass is 35.5. The topological polar surface area (TPSA) is 102 Å². The van der Waals surface area contributed by atoms with Crippen molar-refractivity contribution in [2.75, 3.05) is 5.73 Å². The summed E-state index contributed by atoms with van der Waals surface area (Å²) in [5.41, 5.74) is 10.5. The van der Waals surface area contributed by atoms with Gasteiger partial charge in [0.25, 0.3) is 0 Å². The Kier molecular flexibility index (Phi) is 1.91. The van der Waals surface area contributed by atoms with Gasteiger partial charge >= 0.3 is 0 Å². The molecule has 5 nitrogen and oxygen atoms in total. The molecule has 1 aromatic heterocycles. The average Bonchev–Trinajstić information content (AvgIpc) is 1.85. The lowest BCUT2D eigenvalue weighted by Gasteiger charge is -1.99. The van der Waals surface area contributed by atoms with Crippen molar-refractivity contribution in [3.05, 3.63) is 17.0 Å². The number of rotatable bonds is 1. The minimum atomic E-state index is -0.220. The molecule has 0 saturated heterocycles. The van der Waals surface area contributed by atoms with Crippen LogP contribution in [-0.4, -0.2) is 15.8 Å². The van der Waals surface area contributed by atoms with Gasteiger partial charge in [-0.1, -0.05) is 11.6 Å². The molecule has 0 bridgehead atoms. The Morgan fingerprint density at radius 1 is 1.64 bits per heavy atom. The Bertz CT molecular complexity index is 297. The molecule has 0 spiro atoms. The Hall–Kier alpha value is -1.36. The third-order valence-corrected chi connectivity index (χ3v) is 1.27. The molecule has 1 rings (SSSR count). The van der Waals surface area contributed by atoms with Crippen LogP contribution in [-0.2, 0) is 0 Å². The van der Waals surface area contributed by atoms with Gasteiger partial charge in [0.05, 0.1) is 6.20 Å². The number of anilines is 1. The van der Waals surface area contributed by atoms with Crippen molar-refractivity contribution in [2.24, 2.45) is 5.73 Å². The van der Waals surface area contributed by atoms with E-state index in [1.165, 1.54) is 6.20 Å².